The Hall–Kier alpha value is -3.11. The lowest BCUT2D eigenvalue weighted by Gasteiger charge is -2.31. The first-order chi connectivity index (χ1) is 15.3. The Morgan fingerprint density at radius 3 is 2.69 bits per heavy atom. The van der Waals surface area contributed by atoms with Crippen molar-refractivity contribution in [3.63, 3.8) is 0 Å². The van der Waals surface area contributed by atoms with Crippen molar-refractivity contribution in [2.45, 2.75) is 12.8 Å². The normalized spacial score (nSPS) is 14.4. The van der Waals surface area contributed by atoms with Crippen molar-refractivity contribution in [3.05, 3.63) is 58.1 Å². The predicted octanol–water partition coefficient (Wildman–Crippen LogP) is 4.69. The van der Waals surface area contributed by atoms with Gasteiger partial charge in [0.2, 0.25) is 0 Å². The van der Waals surface area contributed by atoms with Crippen LogP contribution >= 0.6 is 22.9 Å². The van der Waals surface area contributed by atoms with E-state index >= 15 is 0 Å². The molecule has 1 aromatic carbocycles. The lowest BCUT2D eigenvalue weighted by atomic mass is 9.97. The number of benzene rings is 1. The number of carboxylic acids is 1. The number of nitrogens with one attached hydrogen (secondary N) is 1. The molecule has 0 bridgehead atoms. The summed E-state index contributed by atoms with van der Waals surface area (Å²) in [5, 5.41) is 13.7. The molecule has 1 aliphatic heterocycles. The zero-order valence-corrected chi connectivity index (χ0v) is 18.1. The number of nitrogens with zero attached hydrogens (tertiary/aromatic N) is 3. The largest absolute Gasteiger partial charge is 0.481 e. The number of anilines is 2. The van der Waals surface area contributed by atoms with E-state index in [0.717, 1.165) is 17.4 Å². The van der Waals surface area contributed by atoms with Gasteiger partial charge in [-0.25, -0.2) is 18.7 Å². The molecule has 4 rings (SSSR count). The number of piperidine rings is 1. The molecule has 0 unspecified atom stereocenters. The van der Waals surface area contributed by atoms with Crippen LogP contribution in [0.4, 0.5) is 19.7 Å². The van der Waals surface area contributed by atoms with Crippen molar-refractivity contribution < 1.29 is 23.5 Å². The summed E-state index contributed by atoms with van der Waals surface area (Å²) in [7, 11) is 0. The van der Waals surface area contributed by atoms with Gasteiger partial charge in [0.25, 0.3) is 5.91 Å². The van der Waals surface area contributed by atoms with Crippen LogP contribution in [0, 0.1) is 17.6 Å². The van der Waals surface area contributed by atoms with E-state index in [1.165, 1.54) is 29.8 Å². The van der Waals surface area contributed by atoms with Crippen LogP contribution in [0.15, 0.2) is 35.8 Å². The van der Waals surface area contributed by atoms with E-state index in [-0.39, 0.29) is 32.9 Å². The van der Waals surface area contributed by atoms with Crippen LogP contribution in [-0.4, -0.2) is 40.0 Å². The SMILES string of the molecule is O=C(Nc1nc(-c2cccc(F)c2F)cs1)c1cnc(N2CCC(C(=O)O)CC2)c(Cl)c1. The fourth-order valence-corrected chi connectivity index (χ4v) is 4.44. The third-order valence-corrected chi connectivity index (χ3v) is 6.22. The molecule has 1 amide bonds. The molecule has 0 spiro atoms. The van der Waals surface area contributed by atoms with E-state index in [4.69, 9.17) is 16.7 Å². The molecule has 3 heterocycles. The zero-order valence-electron chi connectivity index (χ0n) is 16.5. The van der Waals surface area contributed by atoms with Crippen molar-refractivity contribution in [2.75, 3.05) is 23.3 Å². The van der Waals surface area contributed by atoms with Gasteiger partial charge in [-0.1, -0.05) is 17.7 Å². The number of aliphatic carboxylic acids is 1. The van der Waals surface area contributed by atoms with Crippen LogP contribution in [0.5, 0.6) is 0 Å². The molecule has 32 heavy (non-hydrogen) atoms. The van der Waals surface area contributed by atoms with Gasteiger partial charge in [-0.05, 0) is 31.0 Å². The summed E-state index contributed by atoms with van der Waals surface area (Å²) in [6.45, 7) is 1.02. The van der Waals surface area contributed by atoms with Crippen molar-refractivity contribution in [3.8, 4) is 11.3 Å². The van der Waals surface area contributed by atoms with Gasteiger partial charge in [-0.3, -0.25) is 14.9 Å². The number of thiazole rings is 1. The first-order valence-corrected chi connectivity index (χ1v) is 10.9. The van der Waals surface area contributed by atoms with E-state index in [1.54, 1.807) is 0 Å². The van der Waals surface area contributed by atoms with E-state index in [9.17, 15) is 18.4 Å². The molecule has 2 N–H and O–H groups in total. The molecule has 3 aromatic rings. The molecule has 0 aliphatic carbocycles. The number of carboxylic acid groups (broad SMARTS) is 1. The Kier molecular flexibility index (Phi) is 6.33. The first-order valence-electron chi connectivity index (χ1n) is 9.68. The third kappa shape index (κ3) is 4.56. The fourth-order valence-electron chi connectivity index (χ4n) is 3.45. The number of carbonyl (C=O) groups is 2. The highest BCUT2D eigenvalue weighted by Crippen LogP contribution is 2.30. The highest BCUT2D eigenvalue weighted by Gasteiger charge is 2.26. The molecule has 166 valence electrons. The van der Waals surface area contributed by atoms with Crippen LogP contribution < -0.4 is 10.2 Å². The number of hydrogen-bond donors (Lipinski definition) is 2. The quantitative estimate of drug-likeness (QED) is 0.552. The van der Waals surface area contributed by atoms with E-state index in [0.29, 0.717) is 31.7 Å². The van der Waals surface area contributed by atoms with Gasteiger partial charge in [0.1, 0.15) is 5.82 Å². The monoisotopic (exact) mass is 478 g/mol. The summed E-state index contributed by atoms with van der Waals surface area (Å²) < 4.78 is 27.4. The zero-order chi connectivity index (χ0) is 22.8. The Labute approximate surface area is 190 Å². The smallest absolute Gasteiger partial charge is 0.306 e. The average Bonchev–Trinajstić information content (AvgIpc) is 3.23. The highest BCUT2D eigenvalue weighted by atomic mass is 35.5. The van der Waals surface area contributed by atoms with Crippen LogP contribution in [0.3, 0.4) is 0 Å². The van der Waals surface area contributed by atoms with Crippen LogP contribution in [0.25, 0.3) is 11.3 Å². The summed E-state index contributed by atoms with van der Waals surface area (Å²) in [5.74, 6) is -3.18. The van der Waals surface area contributed by atoms with Gasteiger partial charge >= 0.3 is 5.97 Å². The number of aromatic nitrogens is 2. The molecule has 0 saturated carbocycles. The highest BCUT2D eigenvalue weighted by molar-refractivity contribution is 7.14. The number of pyridine rings is 1. The summed E-state index contributed by atoms with van der Waals surface area (Å²) >= 11 is 7.41. The Morgan fingerprint density at radius 2 is 2.00 bits per heavy atom. The van der Waals surface area contributed by atoms with Crippen LogP contribution in [-0.2, 0) is 4.79 Å². The minimum Gasteiger partial charge on any atom is -0.481 e. The number of amides is 1. The molecular formula is C21H17ClF2N4O3S. The Balaban J connectivity index is 1.44. The first kappa shape index (κ1) is 22.1. The molecule has 0 radical (unpaired) electrons. The van der Waals surface area contributed by atoms with Crippen LogP contribution in [0.1, 0.15) is 23.2 Å². The number of rotatable bonds is 5. The van der Waals surface area contributed by atoms with Gasteiger partial charge in [-0.15, -0.1) is 11.3 Å². The van der Waals surface area contributed by atoms with Crippen LogP contribution in [0.2, 0.25) is 5.02 Å². The molecule has 11 heteroatoms. The summed E-state index contributed by atoms with van der Waals surface area (Å²) in [6.07, 6.45) is 2.36. The van der Waals surface area contributed by atoms with E-state index in [1.807, 2.05) is 4.90 Å². The second-order valence-electron chi connectivity index (χ2n) is 7.22. The predicted molar refractivity (Wildman–Crippen MR) is 117 cm³/mol. The molecule has 2 aromatic heterocycles. The van der Waals surface area contributed by atoms with E-state index < -0.39 is 23.5 Å². The number of carbonyl (C=O) groups excluding carboxylic acids is 1. The minimum absolute atomic E-state index is 0.00230. The summed E-state index contributed by atoms with van der Waals surface area (Å²) in [4.78, 5) is 34.0. The van der Waals surface area contributed by atoms with Crippen molar-refractivity contribution in [2.24, 2.45) is 5.92 Å². The molecule has 7 nitrogen and oxygen atoms in total. The standard InChI is InChI=1S/C21H17ClF2N4O3S/c22-14-8-12(9-25-18(14)28-6-4-11(5-7-28)20(30)31)19(29)27-21-26-16(10-32-21)13-2-1-3-15(23)17(13)24/h1-3,8-11H,4-7H2,(H,30,31)(H,26,27,29). The second-order valence-corrected chi connectivity index (χ2v) is 8.49. The average molecular weight is 479 g/mol. The lowest BCUT2D eigenvalue weighted by molar-refractivity contribution is -0.142. The van der Waals surface area contributed by atoms with Crippen molar-refractivity contribution in [1.82, 2.24) is 9.97 Å². The summed E-state index contributed by atoms with van der Waals surface area (Å²) in [6, 6.07) is 5.28. The molecule has 1 saturated heterocycles. The van der Waals surface area contributed by atoms with E-state index in [2.05, 4.69) is 15.3 Å². The van der Waals surface area contributed by atoms with Gasteiger partial charge < -0.3 is 10.0 Å². The summed E-state index contributed by atoms with van der Waals surface area (Å²) in [5.41, 5.74) is 0.411. The van der Waals surface area contributed by atoms with Gasteiger partial charge in [0, 0.05) is 30.2 Å². The van der Waals surface area contributed by atoms with Gasteiger partial charge in [0.15, 0.2) is 16.8 Å². The maximum atomic E-state index is 14.0. The number of hydrogen-bond acceptors (Lipinski definition) is 6. The maximum absolute atomic E-state index is 14.0. The molecule has 1 fully saturated rings. The maximum Gasteiger partial charge on any atom is 0.306 e. The molecule has 1 aliphatic rings. The lowest BCUT2D eigenvalue weighted by Crippen LogP contribution is -2.37. The van der Waals surface area contributed by atoms with Crippen molar-refractivity contribution >= 4 is 45.8 Å². The van der Waals surface area contributed by atoms with Gasteiger partial charge in [-0.2, -0.15) is 0 Å². The molecule has 0 atom stereocenters. The Morgan fingerprint density at radius 1 is 1.25 bits per heavy atom. The fraction of sp³-hybridized carbons (Fsp3) is 0.238. The second kappa shape index (κ2) is 9.17. The Bertz CT molecular complexity index is 1180. The third-order valence-electron chi connectivity index (χ3n) is 5.18. The number of halogens is 3. The topological polar surface area (TPSA) is 95.4 Å². The van der Waals surface area contributed by atoms with Gasteiger partial charge in [0.05, 0.1) is 22.2 Å². The molecular weight excluding hydrogens is 462 g/mol. The minimum atomic E-state index is -1.00. The van der Waals surface area contributed by atoms with Crippen molar-refractivity contribution in [1.29, 1.82) is 0 Å².